The quantitative estimate of drug-likeness (QED) is 0.516. The lowest BCUT2D eigenvalue weighted by atomic mass is 10.0. The highest BCUT2D eigenvalue weighted by atomic mass is 16.5. The van der Waals surface area contributed by atoms with Crippen LogP contribution in [0.4, 0.5) is 0 Å². The summed E-state index contributed by atoms with van der Waals surface area (Å²) in [7, 11) is 1.47. The predicted molar refractivity (Wildman–Crippen MR) is 110 cm³/mol. The molecule has 8 heteroatoms. The highest BCUT2D eigenvalue weighted by Gasteiger charge is 2.11. The number of hydrogen-bond acceptors (Lipinski definition) is 5. The number of carbonyl (C=O) groups is 1. The van der Waals surface area contributed by atoms with E-state index < -0.39 is 0 Å². The first-order chi connectivity index (χ1) is 14.2. The van der Waals surface area contributed by atoms with Crippen LogP contribution in [0.15, 0.2) is 59.8 Å². The summed E-state index contributed by atoms with van der Waals surface area (Å²) in [5, 5.41) is 9.69. The minimum Gasteiger partial charge on any atom is -0.375 e. The van der Waals surface area contributed by atoms with Crippen molar-refractivity contribution < 1.29 is 9.53 Å². The molecular formula is C21H21N5O3. The van der Waals surface area contributed by atoms with Gasteiger partial charge in [-0.2, -0.15) is 5.10 Å². The molecule has 1 N–H and O–H groups in total. The second kappa shape index (κ2) is 8.24. The number of carbonyl (C=O) groups excluding carboxylic acids is 1. The van der Waals surface area contributed by atoms with Crippen LogP contribution in [0.1, 0.15) is 5.56 Å². The molecule has 148 valence electrons. The van der Waals surface area contributed by atoms with Crippen molar-refractivity contribution >= 4 is 27.7 Å². The van der Waals surface area contributed by atoms with Crippen LogP contribution in [0.5, 0.6) is 0 Å². The van der Waals surface area contributed by atoms with Crippen molar-refractivity contribution in [1.82, 2.24) is 24.6 Å². The van der Waals surface area contributed by atoms with Crippen LogP contribution in [0.2, 0.25) is 0 Å². The SMILES string of the molecule is COCC(=O)NCCn1ncc2c(=O)n(Cc3cccc4ccccc34)cnc21. The fourth-order valence-electron chi connectivity index (χ4n) is 3.37. The van der Waals surface area contributed by atoms with E-state index in [0.717, 1.165) is 16.3 Å². The molecule has 29 heavy (non-hydrogen) atoms. The normalized spacial score (nSPS) is 11.2. The van der Waals surface area contributed by atoms with Crippen molar-refractivity contribution in [2.45, 2.75) is 13.1 Å². The molecule has 0 fully saturated rings. The minimum absolute atomic E-state index is 0.0109. The Kier molecular flexibility index (Phi) is 5.35. The monoisotopic (exact) mass is 391 g/mol. The largest absolute Gasteiger partial charge is 0.375 e. The summed E-state index contributed by atoms with van der Waals surface area (Å²) < 4.78 is 7.99. The predicted octanol–water partition coefficient (Wildman–Crippen LogP) is 1.56. The Labute approximate surface area is 166 Å². The lowest BCUT2D eigenvalue weighted by Crippen LogP contribution is -2.30. The third-order valence-electron chi connectivity index (χ3n) is 4.76. The standard InChI is InChI=1S/C21H21N5O3/c1-29-13-19(27)22-9-10-26-20-18(11-24-26)21(28)25(14-23-20)12-16-7-4-6-15-5-2-3-8-17(15)16/h2-8,11,14H,9-10,12-13H2,1H3,(H,22,27). The Morgan fingerprint density at radius 3 is 2.83 bits per heavy atom. The molecular weight excluding hydrogens is 370 g/mol. The lowest BCUT2D eigenvalue weighted by molar-refractivity contribution is -0.124. The molecule has 1 amide bonds. The van der Waals surface area contributed by atoms with Crippen LogP contribution in [-0.2, 0) is 22.6 Å². The molecule has 4 rings (SSSR count). The summed E-state index contributed by atoms with van der Waals surface area (Å²) in [6, 6.07) is 14.2. The van der Waals surface area contributed by atoms with Crippen LogP contribution >= 0.6 is 0 Å². The molecule has 2 heterocycles. The molecule has 0 atom stereocenters. The molecule has 2 aromatic carbocycles. The number of amides is 1. The van der Waals surface area contributed by atoms with Crippen molar-refractivity contribution in [1.29, 1.82) is 0 Å². The first-order valence-electron chi connectivity index (χ1n) is 9.30. The van der Waals surface area contributed by atoms with Crippen LogP contribution in [0, 0.1) is 0 Å². The van der Waals surface area contributed by atoms with E-state index in [2.05, 4.69) is 33.6 Å². The lowest BCUT2D eigenvalue weighted by Gasteiger charge is -2.09. The second-order valence-electron chi connectivity index (χ2n) is 6.70. The summed E-state index contributed by atoms with van der Waals surface area (Å²) in [6.07, 6.45) is 3.08. The molecule has 0 radical (unpaired) electrons. The Bertz CT molecular complexity index is 1220. The van der Waals surface area contributed by atoms with Gasteiger partial charge in [-0.3, -0.25) is 14.2 Å². The van der Waals surface area contributed by atoms with E-state index in [4.69, 9.17) is 4.74 Å². The molecule has 0 unspecified atom stereocenters. The van der Waals surface area contributed by atoms with Gasteiger partial charge in [-0.1, -0.05) is 42.5 Å². The van der Waals surface area contributed by atoms with Crippen LogP contribution in [-0.4, -0.2) is 45.5 Å². The summed E-state index contributed by atoms with van der Waals surface area (Å²) in [6.45, 7) is 1.23. The van der Waals surface area contributed by atoms with Crippen molar-refractivity contribution in [2.75, 3.05) is 20.3 Å². The smallest absolute Gasteiger partial charge is 0.264 e. The zero-order chi connectivity index (χ0) is 20.2. The van der Waals surface area contributed by atoms with Crippen LogP contribution in [0.25, 0.3) is 21.8 Å². The van der Waals surface area contributed by atoms with Gasteiger partial charge in [-0.15, -0.1) is 0 Å². The molecule has 0 bridgehead atoms. The summed E-state index contributed by atoms with van der Waals surface area (Å²) in [4.78, 5) is 28.8. The average Bonchev–Trinajstić information content (AvgIpc) is 3.14. The van der Waals surface area contributed by atoms with Gasteiger partial charge in [0.15, 0.2) is 5.65 Å². The average molecular weight is 391 g/mol. The third-order valence-corrected chi connectivity index (χ3v) is 4.76. The number of benzene rings is 2. The van der Waals surface area contributed by atoms with E-state index in [1.807, 2.05) is 24.3 Å². The van der Waals surface area contributed by atoms with Gasteiger partial charge in [0.05, 0.1) is 19.3 Å². The highest BCUT2D eigenvalue weighted by Crippen LogP contribution is 2.19. The van der Waals surface area contributed by atoms with Crippen molar-refractivity contribution in [3.05, 3.63) is 70.9 Å². The van der Waals surface area contributed by atoms with Crippen molar-refractivity contribution in [2.24, 2.45) is 0 Å². The fourth-order valence-corrected chi connectivity index (χ4v) is 3.37. The zero-order valence-electron chi connectivity index (χ0n) is 16.0. The number of ether oxygens (including phenoxy) is 1. The van der Waals surface area contributed by atoms with Gasteiger partial charge >= 0.3 is 0 Å². The summed E-state index contributed by atoms with van der Waals surface area (Å²) in [5.41, 5.74) is 1.42. The zero-order valence-corrected chi connectivity index (χ0v) is 16.0. The van der Waals surface area contributed by atoms with Gasteiger partial charge in [0, 0.05) is 13.7 Å². The van der Waals surface area contributed by atoms with E-state index in [-0.39, 0.29) is 18.1 Å². The Morgan fingerprint density at radius 2 is 1.97 bits per heavy atom. The summed E-state index contributed by atoms with van der Waals surface area (Å²) in [5.74, 6) is -0.200. The molecule has 8 nitrogen and oxygen atoms in total. The number of methoxy groups -OCH3 is 1. The number of nitrogens with zero attached hydrogens (tertiary/aromatic N) is 4. The number of fused-ring (bicyclic) bond motifs is 2. The first kappa shape index (κ1) is 18.8. The number of aromatic nitrogens is 4. The summed E-state index contributed by atoms with van der Waals surface area (Å²) >= 11 is 0. The maximum absolute atomic E-state index is 12.9. The van der Waals surface area contributed by atoms with Gasteiger partial charge in [0.1, 0.15) is 18.3 Å². The number of nitrogens with one attached hydrogen (secondary N) is 1. The van der Waals surface area contributed by atoms with E-state index >= 15 is 0 Å². The van der Waals surface area contributed by atoms with E-state index in [1.54, 1.807) is 15.6 Å². The maximum atomic E-state index is 12.9. The van der Waals surface area contributed by atoms with Gasteiger partial charge in [0.2, 0.25) is 5.91 Å². The van der Waals surface area contributed by atoms with Crippen LogP contribution in [0.3, 0.4) is 0 Å². The molecule has 0 aliphatic carbocycles. The maximum Gasteiger partial charge on any atom is 0.264 e. The van der Waals surface area contributed by atoms with E-state index in [9.17, 15) is 9.59 Å². The molecule has 0 spiro atoms. The molecule has 0 saturated heterocycles. The van der Waals surface area contributed by atoms with Gasteiger partial charge < -0.3 is 10.1 Å². The minimum atomic E-state index is -0.200. The molecule has 4 aromatic rings. The van der Waals surface area contributed by atoms with Crippen molar-refractivity contribution in [3.63, 3.8) is 0 Å². The topological polar surface area (TPSA) is 91.0 Å². The molecule has 2 aromatic heterocycles. The van der Waals surface area contributed by atoms with E-state index in [0.29, 0.717) is 30.7 Å². The fraction of sp³-hybridized carbons (Fsp3) is 0.238. The van der Waals surface area contributed by atoms with E-state index in [1.165, 1.54) is 13.3 Å². The van der Waals surface area contributed by atoms with Crippen LogP contribution < -0.4 is 10.9 Å². The van der Waals surface area contributed by atoms with Crippen molar-refractivity contribution in [3.8, 4) is 0 Å². The Hall–Kier alpha value is -3.52. The Balaban J connectivity index is 1.57. The first-order valence-corrected chi connectivity index (χ1v) is 9.30. The molecule has 0 aliphatic heterocycles. The van der Waals surface area contributed by atoms with Gasteiger partial charge in [0.25, 0.3) is 5.56 Å². The third kappa shape index (κ3) is 3.88. The number of rotatable bonds is 7. The second-order valence-corrected chi connectivity index (χ2v) is 6.70. The van der Waals surface area contributed by atoms with Gasteiger partial charge in [-0.25, -0.2) is 9.67 Å². The molecule has 0 saturated carbocycles. The Morgan fingerprint density at radius 1 is 1.14 bits per heavy atom. The highest BCUT2D eigenvalue weighted by molar-refractivity contribution is 5.85. The van der Waals surface area contributed by atoms with Gasteiger partial charge in [-0.05, 0) is 16.3 Å². The number of hydrogen-bond donors (Lipinski definition) is 1. The molecule has 0 aliphatic rings.